The van der Waals surface area contributed by atoms with Gasteiger partial charge in [0.1, 0.15) is 0 Å². The number of rotatable bonds is 7. The molecule has 1 aromatic rings. The van der Waals surface area contributed by atoms with Crippen LogP contribution in [0.5, 0.6) is 0 Å². The fraction of sp³-hybridized carbons (Fsp3) is 0.333. The van der Waals surface area contributed by atoms with Gasteiger partial charge in [-0.05, 0) is 12.0 Å². The Bertz CT molecular complexity index is 500. The van der Waals surface area contributed by atoms with Gasteiger partial charge in [-0.25, -0.2) is 0 Å². The summed E-state index contributed by atoms with van der Waals surface area (Å²) >= 11 is 0. The maximum atomic E-state index is 11.2. The fourth-order valence-electron chi connectivity index (χ4n) is 1.71. The van der Waals surface area contributed by atoms with E-state index >= 15 is 0 Å². The van der Waals surface area contributed by atoms with Gasteiger partial charge in [0.15, 0.2) is 0 Å². The summed E-state index contributed by atoms with van der Waals surface area (Å²) < 4.78 is 0. The van der Waals surface area contributed by atoms with E-state index in [4.69, 9.17) is 10.8 Å². The van der Waals surface area contributed by atoms with Gasteiger partial charge in [-0.1, -0.05) is 12.1 Å². The third-order valence-corrected chi connectivity index (χ3v) is 2.60. The maximum Gasteiger partial charge on any atom is 0.305 e. The van der Waals surface area contributed by atoms with Crippen LogP contribution in [0.15, 0.2) is 24.3 Å². The Kier molecular flexibility index (Phi) is 5.60. The zero-order chi connectivity index (χ0) is 15.1. The standard InChI is InChI=1S/C12H15N3O5/c13-7-11(16)14-9(6-12(17)18)5-8-1-3-10(4-2-8)15(19)20/h1-4,9H,5-7,13H2,(H,14,16)(H,17,18). The number of carbonyl (C=O) groups is 2. The number of hydrogen-bond donors (Lipinski definition) is 3. The van der Waals surface area contributed by atoms with E-state index in [2.05, 4.69) is 5.32 Å². The highest BCUT2D eigenvalue weighted by Crippen LogP contribution is 2.14. The molecule has 4 N–H and O–H groups in total. The predicted octanol–water partition coefficient (Wildman–Crippen LogP) is 0.0555. The van der Waals surface area contributed by atoms with Gasteiger partial charge in [0.05, 0.1) is 17.9 Å². The molecule has 0 aromatic heterocycles. The van der Waals surface area contributed by atoms with Gasteiger partial charge < -0.3 is 16.2 Å². The van der Waals surface area contributed by atoms with Crippen molar-refractivity contribution in [3.63, 3.8) is 0 Å². The molecule has 1 amide bonds. The molecule has 108 valence electrons. The Labute approximate surface area is 114 Å². The Morgan fingerprint density at radius 2 is 1.95 bits per heavy atom. The number of non-ortho nitro benzene ring substituents is 1. The van der Waals surface area contributed by atoms with Gasteiger partial charge in [-0.2, -0.15) is 0 Å². The quantitative estimate of drug-likeness (QED) is 0.477. The predicted molar refractivity (Wildman–Crippen MR) is 70.0 cm³/mol. The van der Waals surface area contributed by atoms with Crippen molar-refractivity contribution in [1.29, 1.82) is 0 Å². The molecule has 0 fully saturated rings. The van der Waals surface area contributed by atoms with Crippen LogP contribution in [0.4, 0.5) is 5.69 Å². The molecule has 0 saturated carbocycles. The molecular weight excluding hydrogens is 266 g/mol. The summed E-state index contributed by atoms with van der Waals surface area (Å²) in [6.45, 7) is -0.226. The summed E-state index contributed by atoms with van der Waals surface area (Å²) in [4.78, 5) is 32.0. The van der Waals surface area contributed by atoms with Crippen LogP contribution in [-0.2, 0) is 16.0 Å². The lowest BCUT2D eigenvalue weighted by Gasteiger charge is -2.16. The van der Waals surface area contributed by atoms with Crippen molar-refractivity contribution in [2.24, 2.45) is 5.73 Å². The number of amides is 1. The number of benzene rings is 1. The van der Waals surface area contributed by atoms with E-state index in [1.807, 2.05) is 0 Å². The molecule has 1 aromatic carbocycles. The molecule has 0 spiro atoms. The number of nitro benzene ring substituents is 1. The van der Waals surface area contributed by atoms with E-state index in [0.29, 0.717) is 5.56 Å². The lowest BCUT2D eigenvalue weighted by atomic mass is 10.0. The fourth-order valence-corrected chi connectivity index (χ4v) is 1.71. The Hall–Kier alpha value is -2.48. The number of nitrogens with zero attached hydrogens (tertiary/aromatic N) is 1. The first-order chi connectivity index (χ1) is 9.42. The van der Waals surface area contributed by atoms with Gasteiger partial charge in [0.2, 0.25) is 5.91 Å². The Morgan fingerprint density at radius 1 is 1.35 bits per heavy atom. The number of carboxylic acids is 1. The number of carboxylic acid groups (broad SMARTS) is 1. The van der Waals surface area contributed by atoms with Gasteiger partial charge >= 0.3 is 5.97 Å². The minimum absolute atomic E-state index is 0.0467. The van der Waals surface area contributed by atoms with Gasteiger partial charge in [-0.15, -0.1) is 0 Å². The van der Waals surface area contributed by atoms with Crippen molar-refractivity contribution < 1.29 is 19.6 Å². The third kappa shape index (κ3) is 5.02. The summed E-state index contributed by atoms with van der Waals surface area (Å²) in [7, 11) is 0. The van der Waals surface area contributed by atoms with Crippen LogP contribution in [0.2, 0.25) is 0 Å². The SMILES string of the molecule is NCC(=O)NC(CC(=O)O)Cc1ccc([N+](=O)[O-])cc1. The first kappa shape index (κ1) is 15.6. The van der Waals surface area contributed by atoms with Crippen LogP contribution in [0, 0.1) is 10.1 Å². The number of nitrogens with two attached hydrogens (primary N) is 1. The second kappa shape index (κ2) is 7.19. The molecular formula is C12H15N3O5. The largest absolute Gasteiger partial charge is 0.481 e. The van der Waals surface area contributed by atoms with E-state index in [1.54, 1.807) is 0 Å². The smallest absolute Gasteiger partial charge is 0.305 e. The first-order valence-electron chi connectivity index (χ1n) is 5.87. The van der Waals surface area contributed by atoms with E-state index in [1.165, 1.54) is 24.3 Å². The molecule has 0 radical (unpaired) electrons. The van der Waals surface area contributed by atoms with Crippen LogP contribution in [0.1, 0.15) is 12.0 Å². The van der Waals surface area contributed by atoms with Crippen molar-refractivity contribution in [3.05, 3.63) is 39.9 Å². The second-order valence-corrected chi connectivity index (χ2v) is 4.19. The monoisotopic (exact) mass is 281 g/mol. The molecule has 0 aliphatic rings. The summed E-state index contributed by atoms with van der Waals surface area (Å²) in [5, 5.41) is 21.8. The molecule has 20 heavy (non-hydrogen) atoms. The van der Waals surface area contributed by atoms with E-state index in [-0.39, 0.29) is 25.1 Å². The molecule has 8 heteroatoms. The average molecular weight is 281 g/mol. The van der Waals surface area contributed by atoms with Crippen LogP contribution in [0.3, 0.4) is 0 Å². The number of hydrogen-bond acceptors (Lipinski definition) is 5. The second-order valence-electron chi connectivity index (χ2n) is 4.19. The average Bonchev–Trinajstić information content (AvgIpc) is 2.38. The molecule has 1 atom stereocenters. The van der Waals surface area contributed by atoms with Gasteiger partial charge in [0.25, 0.3) is 5.69 Å². The zero-order valence-corrected chi connectivity index (χ0v) is 10.6. The van der Waals surface area contributed by atoms with E-state index < -0.39 is 22.8 Å². The first-order valence-corrected chi connectivity index (χ1v) is 5.87. The third-order valence-electron chi connectivity index (χ3n) is 2.60. The van der Waals surface area contributed by atoms with Crippen molar-refractivity contribution in [1.82, 2.24) is 5.32 Å². The molecule has 1 rings (SSSR count). The van der Waals surface area contributed by atoms with Gasteiger partial charge in [-0.3, -0.25) is 19.7 Å². The number of aliphatic carboxylic acids is 1. The minimum atomic E-state index is -1.05. The van der Waals surface area contributed by atoms with Crippen LogP contribution in [-0.4, -0.2) is 34.5 Å². The molecule has 0 bridgehead atoms. The van der Waals surface area contributed by atoms with Crippen molar-refractivity contribution in [2.75, 3.05) is 6.54 Å². The van der Waals surface area contributed by atoms with Crippen molar-refractivity contribution >= 4 is 17.6 Å². The Morgan fingerprint density at radius 3 is 2.40 bits per heavy atom. The lowest BCUT2D eigenvalue weighted by molar-refractivity contribution is -0.384. The normalized spacial score (nSPS) is 11.7. The van der Waals surface area contributed by atoms with Crippen LogP contribution in [0.25, 0.3) is 0 Å². The van der Waals surface area contributed by atoms with Gasteiger partial charge in [0, 0.05) is 18.2 Å². The molecule has 0 heterocycles. The van der Waals surface area contributed by atoms with Crippen LogP contribution < -0.4 is 11.1 Å². The van der Waals surface area contributed by atoms with Crippen molar-refractivity contribution in [2.45, 2.75) is 18.9 Å². The maximum absolute atomic E-state index is 11.2. The zero-order valence-electron chi connectivity index (χ0n) is 10.6. The number of nitrogens with one attached hydrogen (secondary N) is 1. The van der Waals surface area contributed by atoms with E-state index in [0.717, 1.165) is 0 Å². The molecule has 0 aliphatic heterocycles. The summed E-state index contributed by atoms with van der Waals surface area (Å²) in [6.07, 6.45) is 0.0127. The Balaban J connectivity index is 2.75. The summed E-state index contributed by atoms with van der Waals surface area (Å²) in [6, 6.07) is 5.11. The highest BCUT2D eigenvalue weighted by atomic mass is 16.6. The highest BCUT2D eigenvalue weighted by molar-refractivity contribution is 5.79. The molecule has 8 nitrogen and oxygen atoms in total. The number of nitro groups is 1. The summed E-state index contributed by atoms with van der Waals surface area (Å²) in [5.74, 6) is -1.49. The molecule has 0 aliphatic carbocycles. The highest BCUT2D eigenvalue weighted by Gasteiger charge is 2.16. The van der Waals surface area contributed by atoms with E-state index in [9.17, 15) is 19.7 Å². The van der Waals surface area contributed by atoms with Crippen molar-refractivity contribution in [3.8, 4) is 0 Å². The van der Waals surface area contributed by atoms with Crippen LogP contribution >= 0.6 is 0 Å². The molecule has 0 saturated heterocycles. The topological polar surface area (TPSA) is 136 Å². The summed E-state index contributed by atoms with van der Waals surface area (Å²) in [5.41, 5.74) is 5.81. The lowest BCUT2D eigenvalue weighted by Crippen LogP contribution is -2.41. The minimum Gasteiger partial charge on any atom is -0.481 e. The number of carbonyl (C=O) groups excluding carboxylic acids is 1. The molecule has 1 unspecified atom stereocenters.